The van der Waals surface area contributed by atoms with Crippen LogP contribution in [-0.2, 0) is 9.47 Å². The van der Waals surface area contributed by atoms with Crippen molar-refractivity contribution in [2.45, 2.75) is 32.8 Å². The molecule has 8 heteroatoms. The molecule has 27 heavy (non-hydrogen) atoms. The van der Waals surface area contributed by atoms with Crippen molar-refractivity contribution in [2.75, 3.05) is 46.6 Å². The molecule has 0 spiro atoms. The lowest BCUT2D eigenvalue weighted by atomic mass is 10.3. The largest absolute Gasteiger partial charge is 0.489 e. The highest BCUT2D eigenvalue weighted by atomic mass is 127. The predicted octanol–water partition coefficient (Wildman–Crippen LogP) is 3.21. The SMILES string of the molecule is CCNC(=NCC(C)Oc1ccc(F)cc1)NCCCCOCCOC.I. The highest BCUT2D eigenvalue weighted by Gasteiger charge is 2.05. The van der Waals surface area contributed by atoms with Crippen LogP contribution in [-0.4, -0.2) is 58.6 Å². The molecule has 1 unspecified atom stereocenters. The Labute approximate surface area is 179 Å². The first kappa shape index (κ1) is 25.9. The van der Waals surface area contributed by atoms with Crippen molar-refractivity contribution in [3.63, 3.8) is 0 Å². The van der Waals surface area contributed by atoms with Crippen molar-refractivity contribution in [1.29, 1.82) is 0 Å². The molecule has 0 aliphatic carbocycles. The normalized spacial score (nSPS) is 12.2. The van der Waals surface area contributed by atoms with Gasteiger partial charge in [0.25, 0.3) is 0 Å². The van der Waals surface area contributed by atoms with E-state index < -0.39 is 0 Å². The maximum absolute atomic E-state index is 12.9. The van der Waals surface area contributed by atoms with Crippen LogP contribution < -0.4 is 15.4 Å². The van der Waals surface area contributed by atoms with Gasteiger partial charge in [-0.25, -0.2) is 9.38 Å². The molecule has 0 fully saturated rings. The number of benzene rings is 1. The van der Waals surface area contributed by atoms with Gasteiger partial charge in [0.1, 0.15) is 17.7 Å². The van der Waals surface area contributed by atoms with Gasteiger partial charge in [-0.05, 0) is 51.0 Å². The lowest BCUT2D eigenvalue weighted by Crippen LogP contribution is -2.38. The number of halogens is 2. The van der Waals surface area contributed by atoms with Crippen LogP contribution >= 0.6 is 24.0 Å². The standard InChI is InChI=1S/C19H32FN3O3.HI/c1-4-21-19(22-11-5-6-12-25-14-13-24-3)23-15-16(2)26-18-9-7-17(20)8-10-18;/h7-10,16H,4-6,11-15H2,1-3H3,(H2,21,22,23);1H. The molecule has 0 amide bonds. The van der Waals surface area contributed by atoms with E-state index in [0.29, 0.717) is 25.5 Å². The molecular weight excluding hydrogens is 464 g/mol. The number of ether oxygens (including phenoxy) is 3. The van der Waals surface area contributed by atoms with Gasteiger partial charge in [0.2, 0.25) is 0 Å². The first-order valence-corrected chi connectivity index (χ1v) is 9.16. The summed E-state index contributed by atoms with van der Waals surface area (Å²) in [5.41, 5.74) is 0. The summed E-state index contributed by atoms with van der Waals surface area (Å²) < 4.78 is 29.0. The Morgan fingerprint density at radius 1 is 1.11 bits per heavy atom. The zero-order valence-corrected chi connectivity index (χ0v) is 18.8. The van der Waals surface area contributed by atoms with E-state index in [-0.39, 0.29) is 35.9 Å². The summed E-state index contributed by atoms with van der Waals surface area (Å²) in [6.45, 7) is 8.10. The summed E-state index contributed by atoms with van der Waals surface area (Å²) in [4.78, 5) is 4.53. The number of methoxy groups -OCH3 is 1. The number of unbranched alkanes of at least 4 members (excludes halogenated alkanes) is 1. The molecule has 0 aliphatic rings. The van der Waals surface area contributed by atoms with Gasteiger partial charge < -0.3 is 24.8 Å². The van der Waals surface area contributed by atoms with Gasteiger partial charge in [-0.1, -0.05) is 0 Å². The van der Waals surface area contributed by atoms with Crippen molar-refractivity contribution in [3.05, 3.63) is 30.1 Å². The Morgan fingerprint density at radius 3 is 2.52 bits per heavy atom. The van der Waals surface area contributed by atoms with Crippen LogP contribution in [0.5, 0.6) is 5.75 Å². The average Bonchev–Trinajstić information content (AvgIpc) is 2.63. The third kappa shape index (κ3) is 13.7. The van der Waals surface area contributed by atoms with Gasteiger partial charge in [-0.3, -0.25) is 0 Å². The van der Waals surface area contributed by atoms with Gasteiger partial charge in [-0.15, -0.1) is 24.0 Å². The van der Waals surface area contributed by atoms with E-state index in [4.69, 9.17) is 14.2 Å². The highest BCUT2D eigenvalue weighted by molar-refractivity contribution is 14.0. The molecule has 1 atom stereocenters. The number of rotatable bonds is 13. The van der Waals surface area contributed by atoms with Crippen LogP contribution in [0.25, 0.3) is 0 Å². The number of nitrogens with one attached hydrogen (secondary N) is 2. The third-order valence-electron chi connectivity index (χ3n) is 3.44. The summed E-state index contributed by atoms with van der Waals surface area (Å²) in [6, 6.07) is 6.01. The van der Waals surface area contributed by atoms with Crippen LogP contribution in [0.4, 0.5) is 4.39 Å². The molecule has 0 heterocycles. The van der Waals surface area contributed by atoms with Gasteiger partial charge in [0.15, 0.2) is 5.96 Å². The number of hydrogen-bond donors (Lipinski definition) is 2. The molecular formula is C19H33FIN3O3. The van der Waals surface area contributed by atoms with Crippen molar-refractivity contribution in [3.8, 4) is 5.75 Å². The van der Waals surface area contributed by atoms with E-state index >= 15 is 0 Å². The Kier molecular flexibility index (Phi) is 16.3. The lowest BCUT2D eigenvalue weighted by molar-refractivity contribution is 0.0689. The van der Waals surface area contributed by atoms with E-state index in [1.54, 1.807) is 19.2 Å². The van der Waals surface area contributed by atoms with Crippen molar-refractivity contribution in [2.24, 2.45) is 4.99 Å². The fourth-order valence-corrected chi connectivity index (χ4v) is 2.12. The van der Waals surface area contributed by atoms with Crippen LogP contribution in [0.3, 0.4) is 0 Å². The third-order valence-corrected chi connectivity index (χ3v) is 3.44. The molecule has 0 saturated heterocycles. The second-order valence-electron chi connectivity index (χ2n) is 5.84. The summed E-state index contributed by atoms with van der Waals surface area (Å²) in [6.07, 6.45) is 1.88. The monoisotopic (exact) mass is 497 g/mol. The molecule has 0 saturated carbocycles. The van der Waals surface area contributed by atoms with E-state index in [2.05, 4.69) is 15.6 Å². The number of nitrogens with zero attached hydrogens (tertiary/aromatic N) is 1. The lowest BCUT2D eigenvalue weighted by Gasteiger charge is -2.15. The van der Waals surface area contributed by atoms with Crippen molar-refractivity contribution < 1.29 is 18.6 Å². The Balaban J connectivity index is 0.00000676. The minimum absolute atomic E-state index is 0. The van der Waals surface area contributed by atoms with Gasteiger partial charge in [0.05, 0.1) is 19.8 Å². The zero-order valence-electron chi connectivity index (χ0n) is 16.5. The molecule has 0 aromatic heterocycles. The minimum atomic E-state index is -0.272. The first-order chi connectivity index (χ1) is 12.7. The highest BCUT2D eigenvalue weighted by Crippen LogP contribution is 2.13. The summed E-state index contributed by atoms with van der Waals surface area (Å²) in [5, 5.41) is 6.52. The maximum Gasteiger partial charge on any atom is 0.191 e. The fraction of sp³-hybridized carbons (Fsp3) is 0.632. The van der Waals surface area contributed by atoms with Gasteiger partial charge >= 0.3 is 0 Å². The topological polar surface area (TPSA) is 64.1 Å². The minimum Gasteiger partial charge on any atom is -0.489 e. The first-order valence-electron chi connectivity index (χ1n) is 9.16. The second-order valence-corrected chi connectivity index (χ2v) is 5.84. The zero-order chi connectivity index (χ0) is 19.0. The maximum atomic E-state index is 12.9. The molecule has 2 N–H and O–H groups in total. The number of hydrogen-bond acceptors (Lipinski definition) is 4. The van der Waals surface area contributed by atoms with Crippen LogP contribution in [0.15, 0.2) is 29.3 Å². The van der Waals surface area contributed by atoms with Crippen molar-refractivity contribution >= 4 is 29.9 Å². The van der Waals surface area contributed by atoms with E-state index in [1.165, 1.54) is 12.1 Å². The summed E-state index contributed by atoms with van der Waals surface area (Å²) in [7, 11) is 1.67. The Hall–Kier alpha value is -1.13. The smallest absolute Gasteiger partial charge is 0.191 e. The van der Waals surface area contributed by atoms with Crippen LogP contribution in [0.2, 0.25) is 0 Å². The molecule has 0 bridgehead atoms. The quantitative estimate of drug-likeness (QED) is 0.190. The number of aliphatic imine (C=N–C) groups is 1. The van der Waals surface area contributed by atoms with E-state index in [9.17, 15) is 4.39 Å². The number of guanidine groups is 1. The molecule has 1 aromatic rings. The summed E-state index contributed by atoms with van der Waals surface area (Å²) in [5.74, 6) is 1.13. The molecule has 6 nitrogen and oxygen atoms in total. The molecule has 0 radical (unpaired) electrons. The van der Waals surface area contributed by atoms with E-state index in [1.807, 2.05) is 13.8 Å². The van der Waals surface area contributed by atoms with E-state index in [0.717, 1.165) is 38.5 Å². The van der Waals surface area contributed by atoms with Gasteiger partial charge in [0, 0.05) is 26.8 Å². The summed E-state index contributed by atoms with van der Waals surface area (Å²) >= 11 is 0. The molecule has 156 valence electrons. The fourth-order valence-electron chi connectivity index (χ4n) is 2.12. The second kappa shape index (κ2) is 17.0. The van der Waals surface area contributed by atoms with Crippen molar-refractivity contribution in [1.82, 2.24) is 10.6 Å². The van der Waals surface area contributed by atoms with Crippen LogP contribution in [0, 0.1) is 5.82 Å². The van der Waals surface area contributed by atoms with Crippen LogP contribution in [0.1, 0.15) is 26.7 Å². The molecule has 0 aliphatic heterocycles. The molecule has 1 rings (SSSR count). The Bertz CT molecular complexity index is 503. The average molecular weight is 497 g/mol. The Morgan fingerprint density at radius 2 is 1.85 bits per heavy atom. The predicted molar refractivity (Wildman–Crippen MR) is 118 cm³/mol. The van der Waals surface area contributed by atoms with Gasteiger partial charge in [-0.2, -0.15) is 0 Å². The molecule has 1 aromatic carbocycles.